The molecule has 0 aliphatic carbocycles. The zero-order valence-electron chi connectivity index (χ0n) is 14.3. The third kappa shape index (κ3) is 3.69. The summed E-state index contributed by atoms with van der Waals surface area (Å²) >= 11 is 0. The number of para-hydroxylation sites is 1. The lowest BCUT2D eigenvalue weighted by atomic mass is 9.97. The number of ether oxygens (including phenoxy) is 1. The highest BCUT2D eigenvalue weighted by Gasteiger charge is 2.23. The zero-order valence-corrected chi connectivity index (χ0v) is 14.3. The Balaban J connectivity index is 1.32. The number of imidazole rings is 1. The topological polar surface area (TPSA) is 70.2 Å². The lowest BCUT2D eigenvalue weighted by Gasteiger charge is -2.32. The number of carbonyl (C=O) groups excluding carboxylic acids is 1. The monoisotopic (exact) mass is 340 g/mol. The number of rotatable bonds is 5. The number of piperidine rings is 1. The van der Waals surface area contributed by atoms with Crippen molar-refractivity contribution in [3.63, 3.8) is 0 Å². The van der Waals surface area contributed by atoms with Crippen molar-refractivity contribution in [1.29, 1.82) is 0 Å². The van der Waals surface area contributed by atoms with Crippen LogP contribution in [0.4, 0.5) is 0 Å². The fraction of sp³-hybridized carbons (Fsp3) is 0.474. The summed E-state index contributed by atoms with van der Waals surface area (Å²) in [5.41, 5.74) is 2.94. The molecule has 1 aromatic heterocycles. The van der Waals surface area contributed by atoms with E-state index in [4.69, 9.17) is 4.74 Å². The summed E-state index contributed by atoms with van der Waals surface area (Å²) in [5, 5.41) is 3.11. The molecule has 0 bridgehead atoms. The minimum Gasteiger partial charge on any atom is -0.492 e. The van der Waals surface area contributed by atoms with Crippen molar-refractivity contribution in [3.05, 3.63) is 47.5 Å². The number of carbonyl (C=O) groups is 1. The van der Waals surface area contributed by atoms with Crippen LogP contribution in [0.15, 0.2) is 30.7 Å². The Hall–Kier alpha value is -2.34. The van der Waals surface area contributed by atoms with Crippen molar-refractivity contribution in [1.82, 2.24) is 20.2 Å². The molecule has 0 spiro atoms. The molecule has 4 rings (SSSR count). The molecule has 1 amide bonds. The Kier molecular flexibility index (Phi) is 4.70. The molecule has 1 fully saturated rings. The summed E-state index contributed by atoms with van der Waals surface area (Å²) in [6, 6.07) is 5.83. The van der Waals surface area contributed by atoms with E-state index in [1.807, 2.05) is 24.4 Å². The fourth-order valence-corrected chi connectivity index (χ4v) is 3.80. The maximum absolute atomic E-state index is 12.6. The second kappa shape index (κ2) is 7.27. The van der Waals surface area contributed by atoms with E-state index >= 15 is 0 Å². The van der Waals surface area contributed by atoms with E-state index < -0.39 is 0 Å². The molecule has 1 aromatic carbocycles. The minimum absolute atomic E-state index is 0.0237. The van der Waals surface area contributed by atoms with Crippen LogP contribution in [0.1, 0.15) is 34.5 Å². The molecule has 2 aliphatic heterocycles. The number of fused-ring (bicyclic) bond motifs is 1. The Morgan fingerprint density at radius 3 is 3.28 bits per heavy atom. The number of amides is 1. The second-order valence-corrected chi connectivity index (χ2v) is 6.92. The normalized spacial score (nSPS) is 20.1. The van der Waals surface area contributed by atoms with E-state index in [-0.39, 0.29) is 5.91 Å². The van der Waals surface area contributed by atoms with Crippen molar-refractivity contribution in [2.75, 3.05) is 26.2 Å². The highest BCUT2D eigenvalue weighted by molar-refractivity contribution is 5.97. The smallest absolute Gasteiger partial charge is 0.255 e. The van der Waals surface area contributed by atoms with E-state index in [1.54, 1.807) is 6.33 Å². The Bertz CT molecular complexity index is 729. The van der Waals surface area contributed by atoms with Crippen LogP contribution < -0.4 is 10.1 Å². The van der Waals surface area contributed by atoms with Crippen LogP contribution in [0.25, 0.3) is 0 Å². The van der Waals surface area contributed by atoms with E-state index in [1.165, 1.54) is 6.42 Å². The van der Waals surface area contributed by atoms with Gasteiger partial charge in [0.2, 0.25) is 0 Å². The largest absolute Gasteiger partial charge is 0.492 e. The van der Waals surface area contributed by atoms with Gasteiger partial charge >= 0.3 is 0 Å². The van der Waals surface area contributed by atoms with Gasteiger partial charge in [0.1, 0.15) is 5.75 Å². The summed E-state index contributed by atoms with van der Waals surface area (Å²) in [4.78, 5) is 22.2. The summed E-state index contributed by atoms with van der Waals surface area (Å²) in [7, 11) is 0. The maximum atomic E-state index is 12.6. The lowest BCUT2D eigenvalue weighted by Crippen LogP contribution is -2.40. The van der Waals surface area contributed by atoms with E-state index in [2.05, 4.69) is 20.2 Å². The lowest BCUT2D eigenvalue weighted by molar-refractivity contribution is 0.0927. The average Bonchev–Trinajstić information content (AvgIpc) is 3.31. The number of aromatic amines is 1. The first kappa shape index (κ1) is 16.1. The average molecular weight is 340 g/mol. The zero-order chi connectivity index (χ0) is 17.1. The predicted octanol–water partition coefficient (Wildman–Crippen LogP) is 1.99. The van der Waals surface area contributed by atoms with Gasteiger partial charge in [-0.1, -0.05) is 12.1 Å². The number of hydrogen-bond acceptors (Lipinski definition) is 4. The van der Waals surface area contributed by atoms with E-state index in [9.17, 15) is 4.79 Å². The van der Waals surface area contributed by atoms with Gasteiger partial charge in [0.15, 0.2) is 0 Å². The van der Waals surface area contributed by atoms with Crippen molar-refractivity contribution < 1.29 is 9.53 Å². The molecule has 6 heteroatoms. The molecule has 0 radical (unpaired) electrons. The standard InChI is InChI=1S/C19H24N4O2/c24-19(17-5-1-4-15-6-8-25-18(15)17)21-9-14-3-2-7-23(11-14)12-16-10-20-13-22-16/h1,4-5,10,13-14H,2-3,6-9,11-12H2,(H,20,22)(H,21,24)/t14-/m0/s1. The van der Waals surface area contributed by atoms with Crippen molar-refractivity contribution in [2.24, 2.45) is 5.92 Å². The Labute approximate surface area is 147 Å². The predicted molar refractivity (Wildman–Crippen MR) is 94.6 cm³/mol. The first-order valence-corrected chi connectivity index (χ1v) is 9.02. The molecule has 2 aliphatic rings. The quantitative estimate of drug-likeness (QED) is 0.873. The molecule has 2 N–H and O–H groups in total. The molecule has 132 valence electrons. The Morgan fingerprint density at radius 2 is 2.40 bits per heavy atom. The van der Waals surface area contributed by atoms with Gasteiger partial charge in [-0.25, -0.2) is 4.98 Å². The van der Waals surface area contributed by atoms with Crippen LogP contribution in [0.2, 0.25) is 0 Å². The van der Waals surface area contributed by atoms with E-state index in [0.717, 1.165) is 49.5 Å². The molecule has 1 atom stereocenters. The maximum Gasteiger partial charge on any atom is 0.255 e. The Morgan fingerprint density at radius 1 is 1.44 bits per heavy atom. The van der Waals surface area contributed by atoms with Crippen LogP contribution in [-0.4, -0.2) is 47.0 Å². The van der Waals surface area contributed by atoms with Crippen LogP contribution >= 0.6 is 0 Å². The highest BCUT2D eigenvalue weighted by atomic mass is 16.5. The molecule has 6 nitrogen and oxygen atoms in total. The van der Waals surface area contributed by atoms with Crippen molar-refractivity contribution >= 4 is 5.91 Å². The van der Waals surface area contributed by atoms with E-state index in [0.29, 0.717) is 24.6 Å². The van der Waals surface area contributed by atoms with Gasteiger partial charge in [-0.2, -0.15) is 0 Å². The molecule has 2 aromatic rings. The molecule has 25 heavy (non-hydrogen) atoms. The van der Waals surface area contributed by atoms with Gasteiger partial charge in [-0.15, -0.1) is 0 Å². The van der Waals surface area contributed by atoms with Crippen LogP contribution in [0.5, 0.6) is 5.75 Å². The molecule has 1 saturated heterocycles. The summed E-state index contributed by atoms with van der Waals surface area (Å²) in [5.74, 6) is 1.23. The van der Waals surface area contributed by atoms with Gasteiger partial charge in [-0.05, 0) is 36.9 Å². The molecular weight excluding hydrogens is 316 g/mol. The number of benzene rings is 1. The third-order valence-electron chi connectivity index (χ3n) is 5.06. The summed E-state index contributed by atoms with van der Waals surface area (Å²) in [6.45, 7) is 4.38. The van der Waals surface area contributed by atoms with Gasteiger partial charge in [0.05, 0.1) is 18.5 Å². The molecule has 3 heterocycles. The van der Waals surface area contributed by atoms with Gasteiger partial charge in [-0.3, -0.25) is 9.69 Å². The SMILES string of the molecule is O=C(NC[C@@H]1CCCN(Cc2cnc[nH]2)C1)c1cccc2c1OCC2. The van der Waals surface area contributed by atoms with Crippen LogP contribution in [0, 0.1) is 5.92 Å². The molecular formula is C19H24N4O2. The second-order valence-electron chi connectivity index (χ2n) is 6.92. The first-order valence-electron chi connectivity index (χ1n) is 9.02. The number of hydrogen-bond donors (Lipinski definition) is 2. The van der Waals surface area contributed by atoms with Gasteiger partial charge in [0, 0.05) is 37.9 Å². The summed E-state index contributed by atoms with van der Waals surface area (Å²) in [6.07, 6.45) is 6.81. The summed E-state index contributed by atoms with van der Waals surface area (Å²) < 4.78 is 5.64. The molecule has 0 saturated carbocycles. The minimum atomic E-state index is -0.0237. The van der Waals surface area contributed by atoms with Crippen molar-refractivity contribution in [3.8, 4) is 5.75 Å². The number of H-pyrrole nitrogens is 1. The third-order valence-corrected chi connectivity index (χ3v) is 5.06. The van der Waals surface area contributed by atoms with Gasteiger partial charge in [0.25, 0.3) is 5.91 Å². The number of nitrogens with one attached hydrogen (secondary N) is 2. The number of nitrogens with zero attached hydrogens (tertiary/aromatic N) is 2. The highest BCUT2D eigenvalue weighted by Crippen LogP contribution is 2.29. The first-order chi connectivity index (χ1) is 12.3. The van der Waals surface area contributed by atoms with Crippen molar-refractivity contribution in [2.45, 2.75) is 25.8 Å². The number of likely N-dealkylation sites (tertiary alicyclic amines) is 1. The number of aromatic nitrogens is 2. The van der Waals surface area contributed by atoms with Gasteiger partial charge < -0.3 is 15.0 Å². The van der Waals surface area contributed by atoms with Crippen LogP contribution in [0.3, 0.4) is 0 Å². The van der Waals surface area contributed by atoms with Crippen LogP contribution in [-0.2, 0) is 13.0 Å². The molecule has 0 unspecified atom stereocenters. The fourth-order valence-electron chi connectivity index (χ4n) is 3.80.